The van der Waals surface area contributed by atoms with Crippen molar-refractivity contribution in [2.75, 3.05) is 6.61 Å². The Morgan fingerprint density at radius 2 is 2.30 bits per heavy atom. The Labute approximate surface area is 60.6 Å². The summed E-state index contributed by atoms with van der Waals surface area (Å²) in [7, 11) is 0. The molecule has 0 spiro atoms. The van der Waals surface area contributed by atoms with E-state index in [0.29, 0.717) is 13.0 Å². The first-order chi connectivity index (χ1) is 4.76. The third-order valence-electron chi connectivity index (χ3n) is 1.14. The molecule has 0 fully saturated rings. The van der Waals surface area contributed by atoms with Gasteiger partial charge in [0, 0.05) is 0 Å². The zero-order valence-electron chi connectivity index (χ0n) is 6.26. The first-order valence-electron chi connectivity index (χ1n) is 3.32. The zero-order chi connectivity index (χ0) is 7.98. The minimum atomic E-state index is -0.583. The van der Waals surface area contributed by atoms with Gasteiger partial charge in [0.05, 0.1) is 12.7 Å². The van der Waals surface area contributed by atoms with Crippen LogP contribution in [0.2, 0.25) is 0 Å². The van der Waals surface area contributed by atoms with E-state index in [9.17, 15) is 4.79 Å². The van der Waals surface area contributed by atoms with Crippen LogP contribution >= 0.6 is 0 Å². The average molecular weight is 141 g/mol. The molecule has 0 aliphatic heterocycles. The van der Waals surface area contributed by atoms with Gasteiger partial charge in [-0.05, 0) is 13.3 Å². The Balaban J connectivity index is 3.80. The summed E-state index contributed by atoms with van der Waals surface area (Å²) in [5.74, 6) is -0.993. The fraction of sp³-hybridized carbons (Fsp3) is 0.714. The molecule has 0 aromatic carbocycles. The lowest BCUT2D eigenvalue weighted by atomic mass is 10.1. The first kappa shape index (κ1) is 8.96. The molecule has 0 rings (SSSR count). The molecule has 0 saturated heterocycles. The largest absolute Gasteiger partial charge is 0.465 e. The smallest absolute Gasteiger partial charge is 0.323 e. The van der Waals surface area contributed by atoms with Crippen LogP contribution in [-0.2, 0) is 9.53 Å². The number of esters is 1. The maximum absolute atomic E-state index is 10.8. The number of carbonyl (C=O) groups excluding carboxylic acids is 1. The quantitative estimate of drug-likeness (QED) is 0.553. The van der Waals surface area contributed by atoms with Gasteiger partial charge in [-0.1, -0.05) is 6.92 Å². The molecule has 1 unspecified atom stereocenters. The van der Waals surface area contributed by atoms with Crippen molar-refractivity contribution in [3.05, 3.63) is 0 Å². The highest BCUT2D eigenvalue weighted by Gasteiger charge is 2.15. The predicted octanol–water partition coefficient (Wildman–Crippen LogP) is 1.10. The lowest BCUT2D eigenvalue weighted by Gasteiger charge is -2.03. The van der Waals surface area contributed by atoms with Gasteiger partial charge >= 0.3 is 5.97 Å². The fourth-order valence-corrected chi connectivity index (χ4v) is 0.554. The minimum absolute atomic E-state index is 0.344. The SMILES string of the molecule is CCOC(=O)C(C#N)CC. The monoisotopic (exact) mass is 141 g/mol. The molecule has 10 heavy (non-hydrogen) atoms. The summed E-state index contributed by atoms with van der Waals surface area (Å²) >= 11 is 0. The lowest BCUT2D eigenvalue weighted by molar-refractivity contribution is -0.146. The van der Waals surface area contributed by atoms with Gasteiger partial charge in [-0.25, -0.2) is 0 Å². The van der Waals surface area contributed by atoms with E-state index in [-0.39, 0.29) is 0 Å². The molecule has 0 heterocycles. The van der Waals surface area contributed by atoms with Crippen molar-refractivity contribution in [2.45, 2.75) is 20.3 Å². The molecule has 0 radical (unpaired) electrons. The number of hydrogen-bond donors (Lipinski definition) is 0. The summed E-state index contributed by atoms with van der Waals surface area (Å²) < 4.78 is 4.62. The molecule has 1 atom stereocenters. The van der Waals surface area contributed by atoms with Crippen LogP contribution in [0.4, 0.5) is 0 Å². The van der Waals surface area contributed by atoms with Gasteiger partial charge in [0.2, 0.25) is 0 Å². The third-order valence-corrected chi connectivity index (χ3v) is 1.14. The highest BCUT2D eigenvalue weighted by molar-refractivity contribution is 5.74. The van der Waals surface area contributed by atoms with Crippen LogP contribution in [-0.4, -0.2) is 12.6 Å². The van der Waals surface area contributed by atoms with Gasteiger partial charge in [-0.15, -0.1) is 0 Å². The van der Waals surface area contributed by atoms with E-state index in [0.717, 1.165) is 0 Å². The van der Waals surface area contributed by atoms with Gasteiger partial charge in [0.25, 0.3) is 0 Å². The maximum Gasteiger partial charge on any atom is 0.323 e. The van der Waals surface area contributed by atoms with Crippen molar-refractivity contribution in [1.29, 1.82) is 5.26 Å². The highest BCUT2D eigenvalue weighted by Crippen LogP contribution is 2.02. The molecule has 0 amide bonds. The predicted molar refractivity (Wildman–Crippen MR) is 36.0 cm³/mol. The number of hydrogen-bond acceptors (Lipinski definition) is 3. The van der Waals surface area contributed by atoms with E-state index in [1.807, 2.05) is 6.07 Å². The van der Waals surface area contributed by atoms with E-state index in [1.54, 1.807) is 13.8 Å². The Kier molecular flexibility index (Phi) is 4.30. The molecular formula is C7H11NO2. The third kappa shape index (κ3) is 2.49. The molecule has 0 saturated carbocycles. The van der Waals surface area contributed by atoms with Gasteiger partial charge in [-0.2, -0.15) is 5.26 Å². The second kappa shape index (κ2) is 4.80. The number of nitrogens with zero attached hydrogens (tertiary/aromatic N) is 1. The van der Waals surface area contributed by atoms with Gasteiger partial charge in [0.1, 0.15) is 5.92 Å². The molecule has 3 heteroatoms. The maximum atomic E-state index is 10.8. The molecular weight excluding hydrogens is 130 g/mol. The average Bonchev–Trinajstić information content (AvgIpc) is 1.91. The normalized spacial score (nSPS) is 11.7. The second-order valence-corrected chi connectivity index (χ2v) is 1.84. The summed E-state index contributed by atoms with van der Waals surface area (Å²) in [6.45, 7) is 3.85. The first-order valence-corrected chi connectivity index (χ1v) is 3.32. The molecule has 0 aliphatic carbocycles. The Morgan fingerprint density at radius 3 is 2.60 bits per heavy atom. The molecule has 3 nitrogen and oxygen atoms in total. The van der Waals surface area contributed by atoms with Gasteiger partial charge in [0.15, 0.2) is 0 Å². The van der Waals surface area contributed by atoms with Crippen LogP contribution in [0.5, 0.6) is 0 Å². The summed E-state index contributed by atoms with van der Waals surface area (Å²) in [5, 5.41) is 8.37. The van der Waals surface area contributed by atoms with Crippen LogP contribution < -0.4 is 0 Å². The molecule has 56 valence electrons. The number of carbonyl (C=O) groups is 1. The van der Waals surface area contributed by atoms with E-state index < -0.39 is 11.9 Å². The van der Waals surface area contributed by atoms with Gasteiger partial charge < -0.3 is 4.74 Å². The topological polar surface area (TPSA) is 50.1 Å². The van der Waals surface area contributed by atoms with Crippen LogP contribution in [0.1, 0.15) is 20.3 Å². The lowest BCUT2D eigenvalue weighted by Crippen LogP contribution is -2.14. The Bertz CT molecular complexity index is 148. The van der Waals surface area contributed by atoms with Crippen LogP contribution in [0.3, 0.4) is 0 Å². The molecule has 0 aromatic rings. The number of ether oxygens (including phenoxy) is 1. The summed E-state index contributed by atoms with van der Waals surface area (Å²) in [5.41, 5.74) is 0. The summed E-state index contributed by atoms with van der Waals surface area (Å²) in [4.78, 5) is 10.8. The Hall–Kier alpha value is -1.04. The van der Waals surface area contributed by atoms with Crippen LogP contribution in [0, 0.1) is 17.2 Å². The second-order valence-electron chi connectivity index (χ2n) is 1.84. The number of rotatable bonds is 3. The molecule has 0 aromatic heterocycles. The Morgan fingerprint density at radius 1 is 1.70 bits per heavy atom. The molecule has 0 N–H and O–H groups in total. The summed E-state index contributed by atoms with van der Waals surface area (Å²) in [6, 6.07) is 1.86. The van der Waals surface area contributed by atoms with E-state index >= 15 is 0 Å². The van der Waals surface area contributed by atoms with Crippen LogP contribution in [0.25, 0.3) is 0 Å². The highest BCUT2D eigenvalue weighted by atomic mass is 16.5. The van der Waals surface area contributed by atoms with E-state index in [4.69, 9.17) is 5.26 Å². The zero-order valence-corrected chi connectivity index (χ0v) is 6.26. The van der Waals surface area contributed by atoms with Crippen molar-refractivity contribution in [3.8, 4) is 6.07 Å². The van der Waals surface area contributed by atoms with Crippen LogP contribution in [0.15, 0.2) is 0 Å². The fourth-order valence-electron chi connectivity index (χ4n) is 0.554. The van der Waals surface area contributed by atoms with E-state index in [1.165, 1.54) is 0 Å². The van der Waals surface area contributed by atoms with Crippen molar-refractivity contribution in [1.82, 2.24) is 0 Å². The minimum Gasteiger partial charge on any atom is -0.465 e. The standard InChI is InChI=1S/C7H11NO2/c1-3-6(5-8)7(9)10-4-2/h6H,3-4H2,1-2H3. The summed E-state index contributed by atoms with van der Waals surface area (Å²) in [6.07, 6.45) is 0.523. The molecule has 0 aliphatic rings. The van der Waals surface area contributed by atoms with Gasteiger partial charge in [-0.3, -0.25) is 4.79 Å². The van der Waals surface area contributed by atoms with E-state index in [2.05, 4.69) is 4.74 Å². The van der Waals surface area contributed by atoms with Crippen molar-refractivity contribution < 1.29 is 9.53 Å². The number of nitriles is 1. The van der Waals surface area contributed by atoms with Crippen molar-refractivity contribution in [3.63, 3.8) is 0 Å². The van der Waals surface area contributed by atoms with Crippen molar-refractivity contribution in [2.24, 2.45) is 5.92 Å². The van der Waals surface area contributed by atoms with Crippen molar-refractivity contribution >= 4 is 5.97 Å². The molecule has 0 bridgehead atoms.